The van der Waals surface area contributed by atoms with Crippen molar-refractivity contribution in [3.63, 3.8) is 0 Å². The van der Waals surface area contributed by atoms with Crippen molar-refractivity contribution in [3.8, 4) is 11.5 Å². The van der Waals surface area contributed by atoms with Crippen LogP contribution >= 0.6 is 0 Å². The number of aromatic nitrogens is 3. The number of hydrogen-bond donors (Lipinski definition) is 0. The Balaban J connectivity index is 1.76. The molecule has 0 N–H and O–H groups in total. The lowest BCUT2D eigenvalue weighted by atomic mass is 10.1. The SMILES string of the molecule is COc1cccc2c1OCCCN(C[C@@H](C)n1cncn1)C2. The molecule has 0 saturated carbocycles. The Labute approximate surface area is 130 Å². The smallest absolute Gasteiger partial charge is 0.165 e. The largest absolute Gasteiger partial charge is 0.493 e. The molecule has 0 amide bonds. The molecular weight excluding hydrogens is 280 g/mol. The first-order valence-corrected chi connectivity index (χ1v) is 7.63. The monoisotopic (exact) mass is 302 g/mol. The highest BCUT2D eigenvalue weighted by Gasteiger charge is 2.19. The molecule has 0 radical (unpaired) electrons. The van der Waals surface area contributed by atoms with Crippen LogP contribution < -0.4 is 9.47 Å². The van der Waals surface area contributed by atoms with E-state index in [0.717, 1.165) is 37.6 Å². The number of fused-ring (bicyclic) bond motifs is 1. The number of benzene rings is 1. The maximum Gasteiger partial charge on any atom is 0.165 e. The predicted octanol–water partition coefficient (Wildman–Crippen LogP) is 2.13. The molecule has 1 aromatic carbocycles. The molecule has 3 rings (SSSR count). The maximum absolute atomic E-state index is 5.90. The van der Waals surface area contributed by atoms with Gasteiger partial charge >= 0.3 is 0 Å². The average molecular weight is 302 g/mol. The molecule has 0 fully saturated rings. The number of methoxy groups -OCH3 is 1. The maximum atomic E-state index is 5.90. The van der Waals surface area contributed by atoms with E-state index in [2.05, 4.69) is 28.0 Å². The molecule has 6 nitrogen and oxygen atoms in total. The van der Waals surface area contributed by atoms with Gasteiger partial charge in [0.2, 0.25) is 0 Å². The van der Waals surface area contributed by atoms with Crippen LogP contribution in [-0.4, -0.2) is 46.5 Å². The Morgan fingerprint density at radius 2 is 2.32 bits per heavy atom. The van der Waals surface area contributed by atoms with Crippen LogP contribution in [0.25, 0.3) is 0 Å². The van der Waals surface area contributed by atoms with Gasteiger partial charge in [-0.2, -0.15) is 5.10 Å². The van der Waals surface area contributed by atoms with Gasteiger partial charge < -0.3 is 9.47 Å². The Morgan fingerprint density at radius 1 is 1.41 bits per heavy atom. The second-order valence-corrected chi connectivity index (χ2v) is 5.61. The Bertz CT molecular complexity index is 600. The minimum atomic E-state index is 0.289. The van der Waals surface area contributed by atoms with Crippen molar-refractivity contribution in [1.82, 2.24) is 19.7 Å². The van der Waals surface area contributed by atoms with Crippen molar-refractivity contribution in [2.75, 3.05) is 26.8 Å². The number of rotatable bonds is 4. The Hall–Kier alpha value is -2.08. The summed E-state index contributed by atoms with van der Waals surface area (Å²) in [5.41, 5.74) is 1.17. The zero-order chi connectivity index (χ0) is 15.4. The molecule has 0 bridgehead atoms. The molecule has 6 heteroatoms. The quantitative estimate of drug-likeness (QED) is 0.866. The minimum Gasteiger partial charge on any atom is -0.493 e. The number of nitrogens with zero attached hydrogens (tertiary/aromatic N) is 4. The van der Waals surface area contributed by atoms with Crippen molar-refractivity contribution in [3.05, 3.63) is 36.4 Å². The minimum absolute atomic E-state index is 0.289. The summed E-state index contributed by atoms with van der Waals surface area (Å²) >= 11 is 0. The van der Waals surface area contributed by atoms with Crippen molar-refractivity contribution in [2.45, 2.75) is 25.9 Å². The molecule has 118 valence electrons. The second kappa shape index (κ2) is 6.79. The zero-order valence-corrected chi connectivity index (χ0v) is 13.1. The Kier molecular flexibility index (Phi) is 4.58. The fourth-order valence-corrected chi connectivity index (χ4v) is 2.85. The van der Waals surface area contributed by atoms with Crippen LogP contribution in [0.4, 0.5) is 0 Å². The van der Waals surface area contributed by atoms with Crippen LogP contribution in [0.2, 0.25) is 0 Å². The molecular formula is C16H22N4O2. The van der Waals surface area contributed by atoms with E-state index in [1.54, 1.807) is 19.8 Å². The van der Waals surface area contributed by atoms with E-state index in [-0.39, 0.29) is 6.04 Å². The van der Waals surface area contributed by atoms with Crippen molar-refractivity contribution in [2.24, 2.45) is 0 Å². The van der Waals surface area contributed by atoms with E-state index in [0.29, 0.717) is 6.61 Å². The van der Waals surface area contributed by atoms with Gasteiger partial charge in [0, 0.05) is 25.2 Å². The molecule has 1 atom stereocenters. The fourth-order valence-electron chi connectivity index (χ4n) is 2.85. The van der Waals surface area contributed by atoms with Crippen LogP contribution in [0.1, 0.15) is 24.9 Å². The van der Waals surface area contributed by atoms with Gasteiger partial charge in [-0.3, -0.25) is 4.90 Å². The molecule has 2 heterocycles. The van der Waals surface area contributed by atoms with Crippen LogP contribution in [0.15, 0.2) is 30.9 Å². The van der Waals surface area contributed by atoms with Gasteiger partial charge in [0.05, 0.1) is 19.8 Å². The van der Waals surface area contributed by atoms with Crippen molar-refractivity contribution < 1.29 is 9.47 Å². The standard InChI is InChI=1S/C16H22N4O2/c1-13(20-12-17-11-18-20)9-19-7-4-8-22-16-14(10-19)5-3-6-15(16)21-2/h3,5-6,11-13H,4,7-10H2,1-2H3/t13-/m1/s1. The van der Waals surface area contributed by atoms with Gasteiger partial charge in [0.25, 0.3) is 0 Å². The van der Waals surface area contributed by atoms with E-state index >= 15 is 0 Å². The second-order valence-electron chi connectivity index (χ2n) is 5.61. The van der Waals surface area contributed by atoms with Gasteiger partial charge in [-0.15, -0.1) is 0 Å². The summed E-state index contributed by atoms with van der Waals surface area (Å²) in [5, 5.41) is 4.23. The first-order chi connectivity index (χ1) is 10.8. The molecule has 2 aromatic rings. The lowest BCUT2D eigenvalue weighted by Gasteiger charge is -2.29. The number of para-hydroxylation sites is 1. The summed E-state index contributed by atoms with van der Waals surface area (Å²) in [7, 11) is 1.68. The van der Waals surface area contributed by atoms with Crippen LogP contribution in [-0.2, 0) is 6.54 Å². The summed E-state index contributed by atoms with van der Waals surface area (Å²) in [6, 6.07) is 6.36. The molecule has 0 spiro atoms. The third-order valence-corrected chi connectivity index (χ3v) is 3.95. The van der Waals surface area contributed by atoms with Crippen molar-refractivity contribution >= 4 is 0 Å². The molecule has 0 unspecified atom stereocenters. The fraction of sp³-hybridized carbons (Fsp3) is 0.500. The Morgan fingerprint density at radius 3 is 3.09 bits per heavy atom. The van der Waals surface area contributed by atoms with Gasteiger partial charge in [-0.05, 0) is 19.4 Å². The highest BCUT2D eigenvalue weighted by Crippen LogP contribution is 2.33. The lowest BCUT2D eigenvalue weighted by molar-refractivity contribution is 0.180. The van der Waals surface area contributed by atoms with E-state index < -0.39 is 0 Å². The van der Waals surface area contributed by atoms with E-state index in [9.17, 15) is 0 Å². The first-order valence-electron chi connectivity index (χ1n) is 7.63. The zero-order valence-electron chi connectivity index (χ0n) is 13.1. The number of ether oxygens (including phenoxy) is 2. The third-order valence-electron chi connectivity index (χ3n) is 3.95. The summed E-state index contributed by atoms with van der Waals surface area (Å²) < 4.78 is 13.2. The third kappa shape index (κ3) is 3.22. The van der Waals surface area contributed by atoms with E-state index in [1.165, 1.54) is 5.56 Å². The first kappa shape index (κ1) is 14.8. The normalized spacial score (nSPS) is 17.0. The molecule has 1 aromatic heterocycles. The predicted molar refractivity (Wildman–Crippen MR) is 83.1 cm³/mol. The van der Waals surface area contributed by atoms with Crippen molar-refractivity contribution in [1.29, 1.82) is 0 Å². The molecule has 1 aliphatic rings. The van der Waals surface area contributed by atoms with E-state index in [4.69, 9.17) is 9.47 Å². The van der Waals surface area contributed by atoms with Gasteiger partial charge in [0.1, 0.15) is 12.7 Å². The number of hydrogen-bond acceptors (Lipinski definition) is 5. The molecule has 0 aliphatic carbocycles. The summed E-state index contributed by atoms with van der Waals surface area (Å²) in [5.74, 6) is 1.69. The summed E-state index contributed by atoms with van der Waals surface area (Å²) in [6.45, 7) is 5.67. The average Bonchev–Trinajstić information content (AvgIpc) is 3.03. The van der Waals surface area contributed by atoms with Gasteiger partial charge in [-0.25, -0.2) is 9.67 Å². The van der Waals surface area contributed by atoms with Crippen LogP contribution in [0.3, 0.4) is 0 Å². The molecule has 22 heavy (non-hydrogen) atoms. The topological polar surface area (TPSA) is 52.4 Å². The van der Waals surface area contributed by atoms with Crippen LogP contribution in [0.5, 0.6) is 11.5 Å². The highest BCUT2D eigenvalue weighted by molar-refractivity contribution is 5.46. The van der Waals surface area contributed by atoms with E-state index in [1.807, 2.05) is 16.8 Å². The van der Waals surface area contributed by atoms with Crippen LogP contribution in [0, 0.1) is 0 Å². The molecule has 1 aliphatic heterocycles. The highest BCUT2D eigenvalue weighted by atomic mass is 16.5. The summed E-state index contributed by atoms with van der Waals surface area (Å²) in [4.78, 5) is 6.46. The summed E-state index contributed by atoms with van der Waals surface area (Å²) in [6.07, 6.45) is 4.36. The van der Waals surface area contributed by atoms with Gasteiger partial charge in [0.15, 0.2) is 11.5 Å². The molecule has 0 saturated heterocycles. The lowest BCUT2D eigenvalue weighted by Crippen LogP contribution is -2.32. The van der Waals surface area contributed by atoms with Gasteiger partial charge in [-0.1, -0.05) is 12.1 Å².